The molecule has 0 aliphatic rings. The minimum Gasteiger partial charge on any atom is -0.494 e. The molecule has 0 spiro atoms. The SMILES string of the molecule is COc1cnc(Nn2cccc2)nc1. The average molecular weight is 190 g/mol. The molecular formula is C9H10N4O. The van der Waals surface area contributed by atoms with Crippen molar-refractivity contribution in [3.63, 3.8) is 0 Å². The van der Waals surface area contributed by atoms with E-state index in [1.807, 2.05) is 24.5 Å². The molecule has 5 nitrogen and oxygen atoms in total. The molecule has 1 N–H and O–H groups in total. The van der Waals surface area contributed by atoms with Gasteiger partial charge < -0.3 is 4.74 Å². The van der Waals surface area contributed by atoms with Gasteiger partial charge in [0.15, 0.2) is 5.75 Å². The third-order valence-electron chi connectivity index (χ3n) is 1.70. The Hall–Kier alpha value is -2.04. The van der Waals surface area contributed by atoms with Crippen molar-refractivity contribution in [1.29, 1.82) is 0 Å². The second kappa shape index (κ2) is 3.78. The zero-order valence-corrected chi connectivity index (χ0v) is 7.71. The minimum absolute atomic E-state index is 0.530. The summed E-state index contributed by atoms with van der Waals surface area (Å²) in [5.74, 6) is 1.17. The largest absolute Gasteiger partial charge is 0.494 e. The fourth-order valence-corrected chi connectivity index (χ4v) is 1.00. The number of ether oxygens (including phenoxy) is 1. The Morgan fingerprint density at radius 3 is 2.43 bits per heavy atom. The molecule has 5 heteroatoms. The lowest BCUT2D eigenvalue weighted by atomic mass is 10.6. The van der Waals surface area contributed by atoms with E-state index in [9.17, 15) is 0 Å². The van der Waals surface area contributed by atoms with E-state index < -0.39 is 0 Å². The molecule has 0 atom stereocenters. The number of hydrogen-bond acceptors (Lipinski definition) is 4. The summed E-state index contributed by atoms with van der Waals surface area (Å²) in [7, 11) is 1.58. The third-order valence-corrected chi connectivity index (χ3v) is 1.70. The van der Waals surface area contributed by atoms with Crippen LogP contribution in [0.4, 0.5) is 5.95 Å². The molecule has 0 aromatic carbocycles. The molecule has 0 bridgehead atoms. The van der Waals surface area contributed by atoms with Crippen molar-refractivity contribution in [3.05, 3.63) is 36.9 Å². The molecule has 2 heterocycles. The Morgan fingerprint density at radius 2 is 1.86 bits per heavy atom. The topological polar surface area (TPSA) is 52.0 Å². The van der Waals surface area contributed by atoms with Crippen LogP contribution >= 0.6 is 0 Å². The number of rotatable bonds is 3. The fraction of sp³-hybridized carbons (Fsp3) is 0.111. The predicted octanol–water partition coefficient (Wildman–Crippen LogP) is 1.16. The van der Waals surface area contributed by atoms with Gasteiger partial charge in [0.25, 0.3) is 0 Å². The number of aromatic nitrogens is 3. The molecule has 14 heavy (non-hydrogen) atoms. The Labute approximate surface area is 81.3 Å². The van der Waals surface area contributed by atoms with Crippen LogP contribution in [0.3, 0.4) is 0 Å². The van der Waals surface area contributed by atoms with Gasteiger partial charge in [-0.15, -0.1) is 0 Å². The Kier molecular flexibility index (Phi) is 2.31. The Balaban J connectivity index is 2.10. The molecule has 0 radical (unpaired) electrons. The maximum Gasteiger partial charge on any atom is 0.242 e. The monoisotopic (exact) mass is 190 g/mol. The van der Waals surface area contributed by atoms with Crippen molar-refractivity contribution in [2.24, 2.45) is 0 Å². The highest BCUT2D eigenvalue weighted by atomic mass is 16.5. The lowest BCUT2D eigenvalue weighted by Gasteiger charge is -2.05. The van der Waals surface area contributed by atoms with Gasteiger partial charge in [-0.05, 0) is 12.1 Å². The van der Waals surface area contributed by atoms with Gasteiger partial charge >= 0.3 is 0 Å². The minimum atomic E-state index is 0.530. The molecule has 72 valence electrons. The maximum atomic E-state index is 4.94. The summed E-state index contributed by atoms with van der Waals surface area (Å²) in [6.07, 6.45) is 6.96. The molecule has 2 aromatic heterocycles. The number of methoxy groups -OCH3 is 1. The van der Waals surface area contributed by atoms with Crippen molar-refractivity contribution < 1.29 is 4.74 Å². The van der Waals surface area contributed by atoms with E-state index in [1.54, 1.807) is 24.2 Å². The molecule has 2 rings (SSSR count). The van der Waals surface area contributed by atoms with E-state index in [0.29, 0.717) is 11.7 Å². The highest BCUT2D eigenvalue weighted by Crippen LogP contribution is 2.07. The van der Waals surface area contributed by atoms with Gasteiger partial charge in [-0.3, -0.25) is 10.1 Å². The van der Waals surface area contributed by atoms with E-state index in [-0.39, 0.29) is 0 Å². The van der Waals surface area contributed by atoms with Gasteiger partial charge in [-0.25, -0.2) is 9.97 Å². The first-order valence-electron chi connectivity index (χ1n) is 4.14. The second-order valence-corrected chi connectivity index (χ2v) is 2.65. The Morgan fingerprint density at radius 1 is 1.21 bits per heavy atom. The number of hydrogen-bond donors (Lipinski definition) is 1. The van der Waals surface area contributed by atoms with Crippen LogP contribution < -0.4 is 10.2 Å². The van der Waals surface area contributed by atoms with E-state index in [4.69, 9.17) is 4.74 Å². The highest BCUT2D eigenvalue weighted by molar-refractivity contribution is 5.26. The number of nitrogens with zero attached hydrogens (tertiary/aromatic N) is 3. The summed E-state index contributed by atoms with van der Waals surface area (Å²) < 4.78 is 6.71. The van der Waals surface area contributed by atoms with Gasteiger partial charge in [0.05, 0.1) is 19.5 Å². The van der Waals surface area contributed by atoms with E-state index >= 15 is 0 Å². The highest BCUT2D eigenvalue weighted by Gasteiger charge is 1.96. The lowest BCUT2D eigenvalue weighted by Crippen LogP contribution is -2.08. The van der Waals surface area contributed by atoms with E-state index in [0.717, 1.165) is 0 Å². The zero-order chi connectivity index (χ0) is 9.80. The molecule has 0 aliphatic carbocycles. The molecule has 2 aromatic rings. The second-order valence-electron chi connectivity index (χ2n) is 2.65. The van der Waals surface area contributed by atoms with Crippen LogP contribution in [-0.4, -0.2) is 21.8 Å². The van der Waals surface area contributed by atoms with Crippen molar-refractivity contribution in [2.75, 3.05) is 12.5 Å². The first kappa shape index (κ1) is 8.55. The summed E-state index contributed by atoms with van der Waals surface area (Å²) >= 11 is 0. The first-order valence-corrected chi connectivity index (χ1v) is 4.14. The van der Waals surface area contributed by atoms with Crippen LogP contribution in [0, 0.1) is 0 Å². The number of nitrogens with one attached hydrogen (secondary N) is 1. The zero-order valence-electron chi connectivity index (χ0n) is 7.71. The van der Waals surface area contributed by atoms with Gasteiger partial charge in [-0.2, -0.15) is 0 Å². The summed E-state index contributed by atoms with van der Waals surface area (Å²) in [6.45, 7) is 0. The summed E-state index contributed by atoms with van der Waals surface area (Å²) in [5.41, 5.74) is 2.97. The molecule has 0 unspecified atom stereocenters. The van der Waals surface area contributed by atoms with E-state index in [2.05, 4.69) is 15.4 Å². The normalized spacial score (nSPS) is 9.79. The predicted molar refractivity (Wildman–Crippen MR) is 52.0 cm³/mol. The fourth-order valence-electron chi connectivity index (χ4n) is 1.00. The van der Waals surface area contributed by atoms with Crippen molar-refractivity contribution >= 4 is 5.95 Å². The van der Waals surface area contributed by atoms with Crippen LogP contribution in [-0.2, 0) is 0 Å². The summed E-state index contributed by atoms with van der Waals surface area (Å²) in [6, 6.07) is 3.83. The van der Waals surface area contributed by atoms with Crippen LogP contribution in [0.1, 0.15) is 0 Å². The summed E-state index contributed by atoms with van der Waals surface area (Å²) in [4.78, 5) is 8.11. The van der Waals surface area contributed by atoms with Crippen LogP contribution in [0.5, 0.6) is 5.75 Å². The molecule has 0 saturated carbocycles. The van der Waals surface area contributed by atoms with Gasteiger partial charge in [0, 0.05) is 12.4 Å². The third kappa shape index (κ3) is 1.82. The molecule has 0 amide bonds. The molecular weight excluding hydrogens is 180 g/mol. The van der Waals surface area contributed by atoms with Crippen LogP contribution in [0.2, 0.25) is 0 Å². The van der Waals surface area contributed by atoms with Crippen LogP contribution in [0.25, 0.3) is 0 Å². The van der Waals surface area contributed by atoms with Crippen LogP contribution in [0.15, 0.2) is 36.9 Å². The average Bonchev–Trinajstić information content (AvgIpc) is 2.72. The van der Waals surface area contributed by atoms with Crippen molar-refractivity contribution in [3.8, 4) is 5.75 Å². The van der Waals surface area contributed by atoms with Gasteiger partial charge in [0.1, 0.15) is 0 Å². The van der Waals surface area contributed by atoms with Gasteiger partial charge in [-0.1, -0.05) is 0 Å². The van der Waals surface area contributed by atoms with Crippen molar-refractivity contribution in [2.45, 2.75) is 0 Å². The Bertz CT molecular complexity index is 382. The van der Waals surface area contributed by atoms with E-state index in [1.165, 1.54) is 0 Å². The first-order chi connectivity index (χ1) is 6.88. The lowest BCUT2D eigenvalue weighted by molar-refractivity contribution is 0.411. The number of anilines is 1. The smallest absolute Gasteiger partial charge is 0.242 e. The maximum absolute atomic E-state index is 4.94. The standard InChI is InChI=1S/C9H10N4O/c1-14-8-6-10-9(11-7-8)12-13-4-2-3-5-13/h2-7H,1H3,(H,10,11,12). The quantitative estimate of drug-likeness (QED) is 0.789. The molecule has 0 aliphatic heterocycles. The summed E-state index contributed by atoms with van der Waals surface area (Å²) in [5, 5.41) is 0. The van der Waals surface area contributed by atoms with Gasteiger partial charge in [0.2, 0.25) is 5.95 Å². The molecule has 0 fully saturated rings. The molecule has 0 saturated heterocycles. The van der Waals surface area contributed by atoms with Crippen molar-refractivity contribution in [1.82, 2.24) is 14.6 Å².